The van der Waals surface area contributed by atoms with E-state index >= 15 is 0 Å². The van der Waals surface area contributed by atoms with Crippen LogP contribution in [0, 0.1) is 0 Å². The summed E-state index contributed by atoms with van der Waals surface area (Å²) in [5.41, 5.74) is 0. The zero-order chi connectivity index (χ0) is 7.66. The van der Waals surface area contributed by atoms with Crippen molar-refractivity contribution in [2.75, 3.05) is 0 Å². The van der Waals surface area contributed by atoms with Gasteiger partial charge in [-0.1, -0.05) is 19.8 Å². The summed E-state index contributed by atoms with van der Waals surface area (Å²) >= 11 is 0. The minimum atomic E-state index is 0.427. The quantitative estimate of drug-likeness (QED) is 0.323. The molecule has 0 heterocycles. The molecule has 58 valence electrons. The van der Waals surface area contributed by atoms with Crippen molar-refractivity contribution < 1.29 is 9.53 Å². The van der Waals surface area contributed by atoms with E-state index in [1.165, 1.54) is 25.5 Å². The molecule has 0 saturated carbocycles. The van der Waals surface area contributed by atoms with E-state index in [-0.39, 0.29) is 0 Å². The molecule has 0 aliphatic rings. The molecule has 0 aliphatic heterocycles. The highest BCUT2D eigenvalue weighted by Crippen LogP contribution is 1.98. The summed E-state index contributed by atoms with van der Waals surface area (Å²) in [6.07, 6.45) is 7.94. The first-order valence-electron chi connectivity index (χ1n) is 3.66. The topological polar surface area (TPSA) is 26.3 Å². The Morgan fingerprint density at radius 3 is 2.80 bits per heavy atom. The summed E-state index contributed by atoms with van der Waals surface area (Å²) in [7, 11) is 0. The first-order chi connectivity index (χ1) is 4.91. The number of hydrogen-bond acceptors (Lipinski definition) is 2. The van der Waals surface area contributed by atoms with Crippen LogP contribution in [0.2, 0.25) is 0 Å². The van der Waals surface area contributed by atoms with E-state index in [0.29, 0.717) is 6.47 Å². The van der Waals surface area contributed by atoms with E-state index < -0.39 is 0 Å². The van der Waals surface area contributed by atoms with Gasteiger partial charge in [0.1, 0.15) is 0 Å². The lowest BCUT2D eigenvalue weighted by molar-refractivity contribution is -0.123. The van der Waals surface area contributed by atoms with E-state index in [1.807, 2.05) is 6.08 Å². The molecule has 0 radical (unpaired) electrons. The van der Waals surface area contributed by atoms with E-state index in [4.69, 9.17) is 0 Å². The smallest absolute Gasteiger partial charge is 0.297 e. The average molecular weight is 142 g/mol. The van der Waals surface area contributed by atoms with Crippen LogP contribution < -0.4 is 0 Å². The molecule has 2 nitrogen and oxygen atoms in total. The monoisotopic (exact) mass is 142 g/mol. The van der Waals surface area contributed by atoms with E-state index in [0.717, 1.165) is 6.42 Å². The SMILES string of the molecule is CCCCCC=COC=O. The molecule has 0 saturated heterocycles. The number of rotatable bonds is 6. The Labute approximate surface area is 61.9 Å². The minimum Gasteiger partial charge on any atom is -0.437 e. The molecule has 0 unspecified atom stereocenters. The Morgan fingerprint density at radius 2 is 2.20 bits per heavy atom. The Bertz CT molecular complexity index is 97.4. The molecule has 0 aromatic carbocycles. The van der Waals surface area contributed by atoms with Crippen molar-refractivity contribution in [2.24, 2.45) is 0 Å². The van der Waals surface area contributed by atoms with Crippen molar-refractivity contribution in [3.05, 3.63) is 12.3 Å². The van der Waals surface area contributed by atoms with Crippen LogP contribution in [0.15, 0.2) is 12.3 Å². The Balaban J connectivity index is 2.94. The average Bonchev–Trinajstić information content (AvgIpc) is 1.97. The van der Waals surface area contributed by atoms with Crippen LogP contribution in [0.3, 0.4) is 0 Å². The Kier molecular flexibility index (Phi) is 7.56. The molecule has 10 heavy (non-hydrogen) atoms. The third-order valence-corrected chi connectivity index (χ3v) is 1.20. The van der Waals surface area contributed by atoms with Crippen LogP contribution in [-0.4, -0.2) is 6.47 Å². The number of carbonyl (C=O) groups is 1. The third-order valence-electron chi connectivity index (χ3n) is 1.20. The van der Waals surface area contributed by atoms with Crippen molar-refractivity contribution in [3.63, 3.8) is 0 Å². The van der Waals surface area contributed by atoms with Gasteiger partial charge in [-0.3, -0.25) is 4.79 Å². The lowest BCUT2D eigenvalue weighted by Crippen LogP contribution is -1.74. The van der Waals surface area contributed by atoms with Crippen LogP contribution in [0.5, 0.6) is 0 Å². The second kappa shape index (κ2) is 8.21. The molecule has 0 amide bonds. The fourth-order valence-corrected chi connectivity index (χ4v) is 0.668. The molecule has 0 N–H and O–H groups in total. The van der Waals surface area contributed by atoms with Gasteiger partial charge in [0.15, 0.2) is 0 Å². The zero-order valence-electron chi connectivity index (χ0n) is 6.38. The highest BCUT2D eigenvalue weighted by molar-refractivity contribution is 5.38. The number of hydrogen-bond donors (Lipinski definition) is 0. The number of ether oxygens (including phenoxy) is 1. The van der Waals surface area contributed by atoms with Gasteiger partial charge in [-0.2, -0.15) is 0 Å². The molecular weight excluding hydrogens is 128 g/mol. The molecule has 0 rings (SSSR count). The lowest BCUT2D eigenvalue weighted by Gasteiger charge is -1.90. The van der Waals surface area contributed by atoms with Gasteiger partial charge in [-0.25, -0.2) is 0 Å². The zero-order valence-corrected chi connectivity index (χ0v) is 6.38. The van der Waals surface area contributed by atoms with Crippen LogP contribution >= 0.6 is 0 Å². The molecule has 0 bridgehead atoms. The van der Waals surface area contributed by atoms with Crippen molar-refractivity contribution in [2.45, 2.75) is 32.6 Å². The summed E-state index contributed by atoms with van der Waals surface area (Å²) in [6, 6.07) is 0. The molecule has 0 aromatic heterocycles. The summed E-state index contributed by atoms with van der Waals surface area (Å²) in [5.74, 6) is 0. The van der Waals surface area contributed by atoms with E-state index in [2.05, 4.69) is 11.7 Å². The molecular formula is C8H14O2. The maximum atomic E-state index is 9.62. The van der Waals surface area contributed by atoms with E-state index in [1.54, 1.807) is 0 Å². The van der Waals surface area contributed by atoms with E-state index in [9.17, 15) is 4.79 Å². The largest absolute Gasteiger partial charge is 0.437 e. The highest BCUT2D eigenvalue weighted by Gasteiger charge is 1.80. The van der Waals surface area contributed by atoms with Gasteiger partial charge >= 0.3 is 0 Å². The first-order valence-corrected chi connectivity index (χ1v) is 3.66. The van der Waals surface area contributed by atoms with Gasteiger partial charge in [0.05, 0.1) is 6.26 Å². The normalized spacial score (nSPS) is 10.1. The second-order valence-corrected chi connectivity index (χ2v) is 2.10. The van der Waals surface area contributed by atoms with Gasteiger partial charge in [0.25, 0.3) is 6.47 Å². The van der Waals surface area contributed by atoms with Crippen LogP contribution in [0.1, 0.15) is 32.6 Å². The molecule has 2 heteroatoms. The third kappa shape index (κ3) is 7.21. The van der Waals surface area contributed by atoms with Crippen LogP contribution in [0.4, 0.5) is 0 Å². The van der Waals surface area contributed by atoms with Crippen molar-refractivity contribution in [1.82, 2.24) is 0 Å². The van der Waals surface area contributed by atoms with Crippen LogP contribution in [-0.2, 0) is 9.53 Å². The molecule has 0 aromatic rings. The highest BCUT2D eigenvalue weighted by atomic mass is 16.5. The first kappa shape index (κ1) is 9.21. The van der Waals surface area contributed by atoms with Crippen LogP contribution in [0.25, 0.3) is 0 Å². The summed E-state index contributed by atoms with van der Waals surface area (Å²) < 4.78 is 4.35. The van der Waals surface area contributed by atoms with Gasteiger partial charge in [-0.15, -0.1) is 0 Å². The van der Waals surface area contributed by atoms with Gasteiger partial charge in [0, 0.05) is 0 Å². The number of allylic oxidation sites excluding steroid dienone is 1. The van der Waals surface area contributed by atoms with Crippen molar-refractivity contribution in [1.29, 1.82) is 0 Å². The second-order valence-electron chi connectivity index (χ2n) is 2.10. The predicted molar refractivity (Wildman–Crippen MR) is 40.4 cm³/mol. The summed E-state index contributed by atoms with van der Waals surface area (Å²) in [4.78, 5) is 9.62. The lowest BCUT2D eigenvalue weighted by atomic mass is 10.2. The maximum absolute atomic E-state index is 9.62. The molecule has 0 fully saturated rings. The predicted octanol–water partition coefficient (Wildman–Crippen LogP) is 2.25. The minimum absolute atomic E-state index is 0.427. The molecule has 0 aliphatic carbocycles. The molecule has 0 spiro atoms. The van der Waals surface area contributed by atoms with Gasteiger partial charge < -0.3 is 4.74 Å². The van der Waals surface area contributed by atoms with Crippen molar-refractivity contribution in [3.8, 4) is 0 Å². The fourth-order valence-electron chi connectivity index (χ4n) is 0.668. The fraction of sp³-hybridized carbons (Fsp3) is 0.625. The van der Waals surface area contributed by atoms with Gasteiger partial charge in [0.2, 0.25) is 0 Å². The van der Waals surface area contributed by atoms with Gasteiger partial charge in [-0.05, 0) is 18.9 Å². The summed E-state index contributed by atoms with van der Waals surface area (Å²) in [5, 5.41) is 0. The number of carbonyl (C=O) groups excluding carboxylic acids is 1. The standard InChI is InChI=1S/C8H14O2/c1-2-3-4-5-6-7-10-8-9/h6-8H,2-5H2,1H3. The maximum Gasteiger partial charge on any atom is 0.297 e. The summed E-state index contributed by atoms with van der Waals surface area (Å²) in [6.45, 7) is 2.59. The van der Waals surface area contributed by atoms with Crippen molar-refractivity contribution >= 4 is 6.47 Å². The number of unbranched alkanes of at least 4 members (excludes halogenated alkanes) is 3. The Hall–Kier alpha value is -0.790. The Morgan fingerprint density at radius 1 is 1.40 bits per heavy atom. The molecule has 0 atom stereocenters.